The summed E-state index contributed by atoms with van der Waals surface area (Å²) in [5.74, 6) is 0.958. The zero-order valence-corrected chi connectivity index (χ0v) is 16.3. The molecule has 1 aliphatic heterocycles. The van der Waals surface area contributed by atoms with E-state index in [2.05, 4.69) is 0 Å². The van der Waals surface area contributed by atoms with Crippen LogP contribution >= 0.6 is 11.8 Å². The van der Waals surface area contributed by atoms with Gasteiger partial charge < -0.3 is 9.15 Å². The lowest BCUT2D eigenvalue weighted by atomic mass is 10.1. The molecule has 0 saturated heterocycles. The number of ether oxygens (including phenoxy) is 1. The van der Waals surface area contributed by atoms with Crippen LogP contribution < -0.4 is 0 Å². The minimum absolute atomic E-state index is 0.0200. The fourth-order valence-electron chi connectivity index (χ4n) is 2.90. The molecule has 2 heterocycles. The average Bonchev–Trinajstić information content (AvgIpc) is 3.27. The molecule has 0 N–H and O–H groups in total. The summed E-state index contributed by atoms with van der Waals surface area (Å²) in [7, 11) is 0. The molecular formula is C23H18O4S. The third-order valence-corrected chi connectivity index (χ3v) is 5.32. The first-order chi connectivity index (χ1) is 13.5. The van der Waals surface area contributed by atoms with E-state index in [0.717, 1.165) is 16.0 Å². The normalized spacial score (nSPS) is 14.5. The van der Waals surface area contributed by atoms with Crippen LogP contribution in [0, 0.1) is 0 Å². The number of esters is 1. The monoisotopic (exact) mass is 390 g/mol. The van der Waals surface area contributed by atoms with Crippen LogP contribution in [0.3, 0.4) is 0 Å². The molecule has 4 rings (SSSR count). The van der Waals surface area contributed by atoms with Gasteiger partial charge in [0.15, 0.2) is 0 Å². The summed E-state index contributed by atoms with van der Waals surface area (Å²) in [4.78, 5) is 26.0. The molecule has 0 bridgehead atoms. The van der Waals surface area contributed by atoms with Crippen LogP contribution in [0.2, 0.25) is 0 Å². The SMILES string of the molecule is CC(C)OC(=O)c1ccc(-c2ccc(C=C3Sc4ccccc4C3=O)o2)cc1. The Balaban J connectivity index is 1.52. The first-order valence-corrected chi connectivity index (χ1v) is 9.77. The van der Waals surface area contributed by atoms with Gasteiger partial charge in [-0.15, -0.1) is 0 Å². The molecule has 1 aliphatic rings. The van der Waals surface area contributed by atoms with E-state index in [9.17, 15) is 9.59 Å². The van der Waals surface area contributed by atoms with E-state index in [1.54, 1.807) is 18.2 Å². The number of carbonyl (C=O) groups is 2. The van der Waals surface area contributed by atoms with Crippen LogP contribution in [0.25, 0.3) is 17.4 Å². The quantitative estimate of drug-likeness (QED) is 0.414. The van der Waals surface area contributed by atoms with Gasteiger partial charge in [-0.05, 0) is 56.3 Å². The van der Waals surface area contributed by atoms with Crippen LogP contribution in [0.5, 0.6) is 0 Å². The summed E-state index contributed by atoms with van der Waals surface area (Å²) in [5.41, 5.74) is 2.07. The highest BCUT2D eigenvalue weighted by Crippen LogP contribution is 2.40. The minimum Gasteiger partial charge on any atom is -0.459 e. The van der Waals surface area contributed by atoms with Crippen molar-refractivity contribution < 1.29 is 18.7 Å². The molecule has 1 aromatic heterocycles. The number of Topliss-reactive ketones (excluding diaryl/α,β-unsaturated/α-hetero) is 1. The molecule has 4 nitrogen and oxygen atoms in total. The predicted molar refractivity (Wildman–Crippen MR) is 109 cm³/mol. The number of fused-ring (bicyclic) bond motifs is 1. The Morgan fingerprint density at radius 3 is 2.50 bits per heavy atom. The van der Waals surface area contributed by atoms with Crippen molar-refractivity contribution in [2.75, 3.05) is 0 Å². The highest BCUT2D eigenvalue weighted by atomic mass is 32.2. The lowest BCUT2D eigenvalue weighted by molar-refractivity contribution is 0.0378. The van der Waals surface area contributed by atoms with Crippen molar-refractivity contribution in [3.8, 4) is 11.3 Å². The fraction of sp³-hybridized carbons (Fsp3) is 0.130. The molecule has 0 amide bonds. The van der Waals surface area contributed by atoms with Gasteiger partial charge in [0.05, 0.1) is 16.6 Å². The van der Waals surface area contributed by atoms with Gasteiger partial charge in [-0.2, -0.15) is 0 Å². The molecule has 0 saturated carbocycles. The number of hydrogen-bond donors (Lipinski definition) is 0. The van der Waals surface area contributed by atoms with E-state index in [0.29, 0.717) is 22.0 Å². The topological polar surface area (TPSA) is 56.5 Å². The molecule has 0 spiro atoms. The maximum absolute atomic E-state index is 12.5. The van der Waals surface area contributed by atoms with Crippen molar-refractivity contribution in [1.29, 1.82) is 0 Å². The van der Waals surface area contributed by atoms with E-state index >= 15 is 0 Å². The van der Waals surface area contributed by atoms with Crippen LogP contribution in [-0.2, 0) is 4.74 Å². The molecule has 0 radical (unpaired) electrons. The van der Waals surface area contributed by atoms with E-state index in [1.807, 2.05) is 62.4 Å². The second-order valence-corrected chi connectivity index (χ2v) is 7.75. The van der Waals surface area contributed by atoms with Crippen molar-refractivity contribution in [3.63, 3.8) is 0 Å². The van der Waals surface area contributed by atoms with Gasteiger partial charge in [0.25, 0.3) is 0 Å². The van der Waals surface area contributed by atoms with Gasteiger partial charge in [0.2, 0.25) is 5.78 Å². The number of benzene rings is 2. The second kappa shape index (κ2) is 7.52. The summed E-state index contributed by atoms with van der Waals surface area (Å²) >= 11 is 1.45. The highest BCUT2D eigenvalue weighted by Gasteiger charge is 2.25. The van der Waals surface area contributed by atoms with Gasteiger partial charge >= 0.3 is 5.97 Å². The summed E-state index contributed by atoms with van der Waals surface area (Å²) in [6.45, 7) is 3.63. The molecule has 140 valence electrons. The van der Waals surface area contributed by atoms with Gasteiger partial charge in [0.1, 0.15) is 11.5 Å². The number of rotatable bonds is 4. The summed E-state index contributed by atoms with van der Waals surface area (Å²) in [6.07, 6.45) is 1.61. The zero-order chi connectivity index (χ0) is 19.7. The Bertz CT molecular complexity index is 1070. The molecule has 2 aromatic carbocycles. The van der Waals surface area contributed by atoms with E-state index in [4.69, 9.17) is 9.15 Å². The van der Waals surface area contributed by atoms with Gasteiger partial charge in [0, 0.05) is 16.0 Å². The van der Waals surface area contributed by atoms with Crippen molar-refractivity contribution >= 4 is 29.6 Å². The summed E-state index contributed by atoms with van der Waals surface area (Å²) in [5, 5.41) is 0. The molecule has 0 fully saturated rings. The maximum atomic E-state index is 12.5. The Morgan fingerprint density at radius 1 is 1.04 bits per heavy atom. The van der Waals surface area contributed by atoms with E-state index in [1.165, 1.54) is 11.8 Å². The van der Waals surface area contributed by atoms with Crippen LogP contribution in [0.1, 0.15) is 40.3 Å². The van der Waals surface area contributed by atoms with E-state index in [-0.39, 0.29) is 17.9 Å². The molecule has 5 heteroatoms. The lowest BCUT2D eigenvalue weighted by Crippen LogP contribution is -2.11. The maximum Gasteiger partial charge on any atom is 0.338 e. The van der Waals surface area contributed by atoms with Crippen molar-refractivity contribution in [2.45, 2.75) is 24.8 Å². The van der Waals surface area contributed by atoms with Crippen molar-refractivity contribution in [2.24, 2.45) is 0 Å². The first-order valence-electron chi connectivity index (χ1n) is 8.96. The third-order valence-electron chi connectivity index (χ3n) is 4.22. The molecular weight excluding hydrogens is 372 g/mol. The Morgan fingerprint density at radius 2 is 1.79 bits per heavy atom. The number of thioether (sulfide) groups is 1. The number of carbonyl (C=O) groups excluding carboxylic acids is 2. The molecule has 0 aliphatic carbocycles. The van der Waals surface area contributed by atoms with Crippen molar-refractivity contribution in [1.82, 2.24) is 0 Å². The third kappa shape index (κ3) is 3.66. The number of furan rings is 1. The van der Waals surface area contributed by atoms with Crippen LogP contribution in [-0.4, -0.2) is 17.9 Å². The molecule has 28 heavy (non-hydrogen) atoms. The molecule has 0 unspecified atom stereocenters. The van der Waals surface area contributed by atoms with Gasteiger partial charge in [-0.3, -0.25) is 4.79 Å². The number of ketones is 1. The average molecular weight is 390 g/mol. The molecule has 0 atom stereocenters. The Hall–Kier alpha value is -3.05. The largest absolute Gasteiger partial charge is 0.459 e. The van der Waals surface area contributed by atoms with Crippen molar-refractivity contribution in [3.05, 3.63) is 82.5 Å². The Kier molecular flexibility index (Phi) is 4.92. The fourth-order valence-corrected chi connectivity index (χ4v) is 3.94. The van der Waals surface area contributed by atoms with Gasteiger partial charge in [-0.1, -0.05) is 36.0 Å². The van der Waals surface area contributed by atoms with E-state index < -0.39 is 0 Å². The first kappa shape index (κ1) is 18.3. The van der Waals surface area contributed by atoms with Gasteiger partial charge in [-0.25, -0.2) is 4.79 Å². The summed E-state index contributed by atoms with van der Waals surface area (Å²) < 4.78 is 11.1. The predicted octanol–water partition coefficient (Wildman–Crippen LogP) is 5.84. The zero-order valence-electron chi connectivity index (χ0n) is 15.5. The number of allylic oxidation sites excluding steroid dienone is 1. The Labute approximate surface area is 167 Å². The standard InChI is InChI=1S/C23H18O4S/c1-14(2)26-23(25)16-9-7-15(8-10-16)19-12-11-17(27-19)13-21-22(24)18-5-3-4-6-20(18)28-21/h3-14H,1-2H3. The molecule has 3 aromatic rings. The lowest BCUT2D eigenvalue weighted by Gasteiger charge is -2.07. The number of hydrogen-bond acceptors (Lipinski definition) is 5. The van der Waals surface area contributed by atoms with Crippen LogP contribution in [0.15, 0.2) is 74.9 Å². The second-order valence-electron chi connectivity index (χ2n) is 6.67. The minimum atomic E-state index is -0.345. The highest BCUT2D eigenvalue weighted by molar-refractivity contribution is 8.04. The van der Waals surface area contributed by atoms with Crippen LogP contribution in [0.4, 0.5) is 0 Å². The smallest absolute Gasteiger partial charge is 0.338 e. The summed E-state index contributed by atoms with van der Waals surface area (Å²) in [6, 6.07) is 18.3.